The number of unbranched alkanes of at least 4 members (excludes halogenated alkanes) is 1. The molecule has 3 aliphatic heterocycles. The molecule has 0 aliphatic carbocycles. The number of phosphoric ester groups is 1. The van der Waals surface area contributed by atoms with Crippen molar-refractivity contribution >= 4 is 84.2 Å². The Hall–Kier alpha value is -8.12. The number of primary sulfonamides is 1. The fourth-order valence-electron chi connectivity index (χ4n) is 11.2. The zero-order valence-corrected chi connectivity index (χ0v) is 61.6. The monoisotopic (exact) mass is 1560 g/mol. The number of nitrogens with one attached hydrogen (secondary N) is 3. The molecule has 42 heteroatoms. The summed E-state index contributed by atoms with van der Waals surface area (Å²) >= 11 is 0. The Morgan fingerprint density at radius 3 is 2.41 bits per heavy atom. The van der Waals surface area contributed by atoms with Crippen LogP contribution in [-0.4, -0.2) is 182 Å². The summed E-state index contributed by atoms with van der Waals surface area (Å²) in [4.78, 5) is 97.8. The van der Waals surface area contributed by atoms with Crippen molar-refractivity contribution in [3.05, 3.63) is 165 Å². The number of rotatable bonds is 40. The minimum absolute atomic E-state index is 0.00533. The molecule has 11 N–H and O–H groups in total. The normalized spacial score (nSPS) is 18.7. The number of sulfonamides is 1. The van der Waals surface area contributed by atoms with Gasteiger partial charge < -0.3 is 79.1 Å². The average Bonchev–Trinajstić information content (AvgIpc) is 1.57. The molecule has 4 aromatic rings. The predicted octanol–water partition coefficient (Wildman–Crippen LogP) is 4.30. The number of benzene rings is 3. The molecule has 4 heterocycles. The molecular weight excluding hydrogens is 1480 g/mol. The Bertz CT molecular complexity index is 4550. The lowest BCUT2D eigenvalue weighted by atomic mass is 9.81. The van der Waals surface area contributed by atoms with Gasteiger partial charge in [-0.25, -0.2) is 40.5 Å². The number of nitrogens with zero attached hydrogens (tertiary/aromatic N) is 7. The van der Waals surface area contributed by atoms with E-state index >= 15 is 0 Å². The summed E-state index contributed by atoms with van der Waals surface area (Å²) in [6.07, 6.45) is 7.83. The van der Waals surface area contributed by atoms with Crippen LogP contribution in [0.4, 0.5) is 17.2 Å². The van der Waals surface area contributed by atoms with Crippen molar-refractivity contribution in [2.75, 3.05) is 95.5 Å². The summed E-state index contributed by atoms with van der Waals surface area (Å²) in [5.41, 5.74) is 18.5. The van der Waals surface area contributed by atoms with Crippen molar-refractivity contribution in [3.8, 4) is 17.6 Å². The summed E-state index contributed by atoms with van der Waals surface area (Å²) < 4.78 is 143. The van der Waals surface area contributed by atoms with Crippen molar-refractivity contribution in [3.63, 3.8) is 0 Å². The van der Waals surface area contributed by atoms with Gasteiger partial charge in [0, 0.05) is 95.8 Å². The van der Waals surface area contributed by atoms with Crippen LogP contribution in [0.15, 0.2) is 136 Å². The summed E-state index contributed by atoms with van der Waals surface area (Å²) in [6.45, 7) is 9.83. The highest BCUT2D eigenvalue weighted by molar-refractivity contribution is 7.89. The van der Waals surface area contributed by atoms with Crippen LogP contribution in [0.5, 0.6) is 5.75 Å². The fraction of sp³-hybridized carbons (Fsp3) is 0.429. The molecule has 3 amide bonds. The van der Waals surface area contributed by atoms with E-state index in [-0.39, 0.29) is 112 Å². The number of azide groups is 1. The highest BCUT2D eigenvalue weighted by Crippen LogP contribution is 2.66. The van der Waals surface area contributed by atoms with Gasteiger partial charge in [0.2, 0.25) is 27.5 Å². The number of anilines is 2. The summed E-state index contributed by atoms with van der Waals surface area (Å²) in [7, 11) is -25.5. The number of phosphoric acid groups is 3. The summed E-state index contributed by atoms with van der Waals surface area (Å²) in [5.74, 6) is 3.36. The van der Waals surface area contributed by atoms with Gasteiger partial charge >= 0.3 is 29.2 Å². The van der Waals surface area contributed by atoms with Gasteiger partial charge in [-0.3, -0.25) is 23.5 Å². The van der Waals surface area contributed by atoms with E-state index < -0.39 is 116 Å². The lowest BCUT2D eigenvalue weighted by Crippen LogP contribution is -2.36. The molecule has 1 fully saturated rings. The Kier molecular flexibility index (Phi) is 30.0. The number of allylic oxidation sites excluding steroid dienone is 6. The molecule has 37 nitrogen and oxygen atoms in total. The first-order valence-electron chi connectivity index (χ1n) is 32.0. The maximum Gasteiger partial charge on any atom is 0.490 e. The van der Waals surface area contributed by atoms with Crippen molar-refractivity contribution in [2.24, 2.45) is 10.3 Å². The van der Waals surface area contributed by atoms with Gasteiger partial charge in [-0.05, 0) is 73.8 Å². The molecule has 7 rings (SSSR count). The third kappa shape index (κ3) is 25.3. The molecule has 1 saturated heterocycles. The molecule has 6 atom stereocenters. The third-order valence-corrected chi connectivity index (χ3v) is 21.5. The molecule has 3 unspecified atom stereocenters. The smallest absolute Gasteiger partial charge is 0.490 e. The van der Waals surface area contributed by atoms with Crippen LogP contribution in [0.2, 0.25) is 0 Å². The molecule has 0 radical (unpaired) electrons. The average molecular weight is 1560 g/mol. The first kappa shape index (κ1) is 84.1. The molecule has 1 aromatic heterocycles. The first-order chi connectivity index (χ1) is 49.4. The molecule has 3 aromatic carbocycles. The second kappa shape index (κ2) is 37.4. The number of nitrogens with two attached hydrogens (primary N) is 2. The Labute approximate surface area is 604 Å². The number of fused-ring (bicyclic) bond motifs is 2. The van der Waals surface area contributed by atoms with Gasteiger partial charge in [-0.2, -0.15) is 18.2 Å². The lowest BCUT2D eigenvalue weighted by Gasteiger charge is -2.27. The van der Waals surface area contributed by atoms with E-state index in [1.165, 1.54) is 36.5 Å². The van der Waals surface area contributed by atoms with Crippen LogP contribution in [0.1, 0.15) is 86.7 Å². The largest absolute Gasteiger partial charge is 0.748 e. The second-order valence-corrected chi connectivity index (χ2v) is 31.8. The number of amides is 3. The fourth-order valence-corrected chi connectivity index (χ4v) is 15.3. The highest BCUT2D eigenvalue weighted by Gasteiger charge is 2.46. The minimum Gasteiger partial charge on any atom is -0.748 e. The number of ether oxygens (including phenoxy) is 6. The van der Waals surface area contributed by atoms with Gasteiger partial charge in [0.15, 0.2) is 11.9 Å². The molecule has 3 aliphatic rings. The van der Waals surface area contributed by atoms with Crippen LogP contribution < -0.4 is 42.1 Å². The summed E-state index contributed by atoms with van der Waals surface area (Å²) in [5, 5.41) is 17.2. The van der Waals surface area contributed by atoms with Crippen molar-refractivity contribution in [1.29, 1.82) is 0 Å². The van der Waals surface area contributed by atoms with Crippen LogP contribution in [0, 0.1) is 11.8 Å². The number of aromatic nitrogens is 2. The molecule has 0 saturated carbocycles. The Balaban J connectivity index is 0.842. The van der Waals surface area contributed by atoms with Crippen LogP contribution in [0.25, 0.3) is 10.4 Å². The molecule has 0 spiro atoms. The number of carbonyl (C=O) groups excluding carboxylic acids is 3. The van der Waals surface area contributed by atoms with Gasteiger partial charge in [-0.1, -0.05) is 79.4 Å². The molecule has 105 heavy (non-hydrogen) atoms. The second-order valence-electron chi connectivity index (χ2n) is 24.3. The quantitative estimate of drug-likeness (QED) is 0.00256. The van der Waals surface area contributed by atoms with E-state index in [0.717, 1.165) is 27.2 Å². The summed E-state index contributed by atoms with van der Waals surface area (Å²) in [6, 6.07) is 18.7. The number of carbonyl (C=O) groups is 3. The van der Waals surface area contributed by atoms with Gasteiger partial charge in [0.25, 0.3) is 5.91 Å². The van der Waals surface area contributed by atoms with Crippen LogP contribution >= 0.6 is 23.5 Å². The first-order valence-corrected chi connectivity index (χ1v) is 39.6. The standard InChI is InChI=1S/C63H81N12O25P3S2/c1-6-31-93-42-96-51-37-58(98-52(51)39-97-102(83,84)100-103(85,86)99-101(80,81)82)75-38-44(59(64)70-61(75)79)17-15-26-67-56(77)40-92-32-33-94-57(71-72-65)41-95-45-18-14-16-43(35-45)60(78)69-28-27-68-55(76)25-30-74-50-24-23-46(105(66,90)91)36-48(50)63(4,5)54(74)22-9-7-8-21-53-62(2,3)47-19-10-11-20-49(47)73(53)29-12-13-34-104(87,88)89/h6-11,14,16,18-24,35-36,38,51-52,57-58H,1,12-13,25-34,37,39-42H2,2-5H3,(H11-,64,66,67,68,69,70,76,77,78,79,80,81,82,83,84,85,86,87,88,89,90,91)/t51-,52-,57?,58-/m1/s1. The number of hydrogen-bond donors (Lipinski definition) is 9. The molecular formula is C63H81N12O25P3S2. The zero-order valence-electron chi connectivity index (χ0n) is 57.2. The highest BCUT2D eigenvalue weighted by atomic mass is 32.2. The maximum atomic E-state index is 13.4. The van der Waals surface area contributed by atoms with Crippen LogP contribution in [-0.2, 0) is 91.1 Å². The molecule has 0 bridgehead atoms. The van der Waals surface area contributed by atoms with E-state index in [0.29, 0.717) is 24.2 Å². The van der Waals surface area contributed by atoms with Gasteiger partial charge in [0.05, 0.1) is 65.1 Å². The lowest BCUT2D eigenvalue weighted by molar-refractivity contribution is -0.438. The third-order valence-electron chi connectivity index (χ3n) is 16.0. The number of hydrogen-bond acceptors (Lipinski definition) is 25. The SMILES string of the molecule is C=CCOCO[C@@H]1C[C@H](n2cc(C#CCNC(=O)COCCOC(COc3cccc(C(=O)NCCNC(=O)CCN4\C(=C/C=C/C=C/C5=[N+](CCCCS(=O)(=O)[O-])c6ccccc6C5(C)C)C(C)(C)c5cc(S(N)(=O)=O)ccc54)c3)N=[N+]=[N-])c(N)nc2=O)O[C@@H]1COP(=O)(O)OP(=O)(O)OP(=O)(O)O. The van der Waals surface area contributed by atoms with Gasteiger partial charge in [-0.15, -0.1) is 6.58 Å². The molecule has 570 valence electrons. The van der Waals surface area contributed by atoms with Crippen molar-refractivity contribution in [2.45, 2.75) is 93.8 Å². The van der Waals surface area contributed by atoms with Crippen LogP contribution in [0.3, 0.4) is 0 Å². The topological polar surface area (TPSA) is 536 Å². The van der Waals surface area contributed by atoms with E-state index in [9.17, 15) is 69.6 Å². The van der Waals surface area contributed by atoms with E-state index in [2.05, 4.69) is 82.5 Å². The number of para-hydroxylation sites is 1. The maximum absolute atomic E-state index is 13.4. The van der Waals surface area contributed by atoms with Crippen molar-refractivity contribution in [1.82, 2.24) is 25.5 Å². The van der Waals surface area contributed by atoms with E-state index in [4.69, 9.17) is 53.6 Å². The number of nitrogen functional groups attached to an aromatic ring is 1. The predicted molar refractivity (Wildman–Crippen MR) is 376 cm³/mol. The zero-order chi connectivity index (χ0) is 77.0. The van der Waals surface area contributed by atoms with E-state index in [1.54, 1.807) is 18.2 Å². The van der Waals surface area contributed by atoms with E-state index in [1.807, 2.05) is 67.3 Å². The Morgan fingerprint density at radius 2 is 1.69 bits per heavy atom. The Morgan fingerprint density at radius 1 is 0.933 bits per heavy atom. The van der Waals surface area contributed by atoms with Gasteiger partial charge in [0.1, 0.15) is 50.5 Å². The van der Waals surface area contributed by atoms with Crippen molar-refractivity contribution < 1.29 is 115 Å². The minimum atomic E-state index is -5.84.